The molecule has 2 aromatic rings. The lowest BCUT2D eigenvalue weighted by Crippen LogP contribution is -2.38. The number of carbonyl (C=O) groups excluding carboxylic acids is 3. The van der Waals surface area contributed by atoms with Crippen molar-refractivity contribution in [3.05, 3.63) is 59.2 Å². The second-order valence-corrected chi connectivity index (χ2v) is 11.5. The summed E-state index contributed by atoms with van der Waals surface area (Å²) in [6.45, 7) is 3.64. The van der Waals surface area contributed by atoms with E-state index < -0.39 is 12.5 Å². The Morgan fingerprint density at radius 1 is 1.07 bits per heavy atom. The first-order valence-electron chi connectivity index (χ1n) is 14.4. The minimum absolute atomic E-state index is 0. The Morgan fingerprint density at radius 2 is 1.78 bits per heavy atom. The summed E-state index contributed by atoms with van der Waals surface area (Å²) in [5.41, 5.74) is 3.03. The molecule has 4 rings (SSSR count). The van der Waals surface area contributed by atoms with E-state index in [1.165, 1.54) is 12.5 Å². The van der Waals surface area contributed by atoms with Gasteiger partial charge in [-0.25, -0.2) is 0 Å². The predicted octanol–water partition coefficient (Wildman–Crippen LogP) is 3.43. The van der Waals surface area contributed by atoms with E-state index in [9.17, 15) is 29.7 Å². The molecule has 1 saturated heterocycles. The average Bonchev–Trinajstić information content (AvgIpc) is 2.92. The largest absolute Gasteiger partial charge is 0.505 e. The zero-order valence-corrected chi connectivity index (χ0v) is 23.8. The summed E-state index contributed by atoms with van der Waals surface area (Å²) in [6, 6.07) is 14.4. The minimum atomic E-state index is -0.744. The van der Waals surface area contributed by atoms with Crippen LogP contribution in [0.1, 0.15) is 69.8 Å². The molecule has 9 nitrogen and oxygen atoms in total. The zero-order valence-electron chi connectivity index (χ0n) is 23.8. The molecule has 0 aromatic heterocycles. The van der Waals surface area contributed by atoms with Gasteiger partial charge < -0.3 is 26.1 Å². The van der Waals surface area contributed by atoms with E-state index in [0.29, 0.717) is 30.5 Å². The Kier molecular flexibility index (Phi) is 12.0. The quantitative estimate of drug-likeness (QED) is 0.210. The molecular formula is C32H48N2O7. The maximum absolute atomic E-state index is 13.2. The zero-order chi connectivity index (χ0) is 28.6. The molecule has 1 heterocycles. The number of phenols is 1. The standard InChI is InChI=1S/C32H42N2O6.H2O.2H2/c1-21(37)15-29(38)27(20-36)24(11-14-35)16-23-17-25-7-8-28(32(40)31(25)30(39)18-23)33-26-9-12-34(13-10-26)19-22-5-3-2-4-6-22;;;/h2-8,23-24,26-27,33,35-36,40H,9-20H2,1H3;1H2;2*1H. The van der Waals surface area contributed by atoms with E-state index in [1.54, 1.807) is 0 Å². The number of fused-ring (bicyclic) bond motifs is 1. The number of aromatic hydroxyl groups is 1. The average molecular weight is 573 g/mol. The summed E-state index contributed by atoms with van der Waals surface area (Å²) < 4.78 is 0. The molecule has 3 atom stereocenters. The number of benzene rings is 2. The molecule has 0 spiro atoms. The summed E-state index contributed by atoms with van der Waals surface area (Å²) in [4.78, 5) is 39.7. The number of aliphatic hydroxyl groups is 2. The fourth-order valence-corrected chi connectivity index (χ4v) is 6.41. The van der Waals surface area contributed by atoms with Crippen molar-refractivity contribution in [2.75, 3.05) is 31.6 Å². The smallest absolute Gasteiger partial charge is 0.167 e. The number of Topliss-reactive ketones (excluding diaryl/α,β-unsaturated/α-hetero) is 3. The second-order valence-electron chi connectivity index (χ2n) is 11.5. The van der Waals surface area contributed by atoms with Crippen LogP contribution in [0.3, 0.4) is 0 Å². The molecule has 0 amide bonds. The highest BCUT2D eigenvalue weighted by atomic mass is 16.3. The van der Waals surface area contributed by atoms with Crippen LogP contribution in [0, 0.1) is 17.8 Å². The first-order valence-corrected chi connectivity index (χ1v) is 14.4. The van der Waals surface area contributed by atoms with Crippen LogP contribution in [0.25, 0.3) is 0 Å². The van der Waals surface area contributed by atoms with Crippen molar-refractivity contribution in [2.24, 2.45) is 17.8 Å². The van der Waals surface area contributed by atoms with Gasteiger partial charge in [0, 0.05) is 47.5 Å². The van der Waals surface area contributed by atoms with E-state index in [-0.39, 0.29) is 68.8 Å². The Labute approximate surface area is 244 Å². The van der Waals surface area contributed by atoms with Crippen LogP contribution in [0.15, 0.2) is 42.5 Å². The summed E-state index contributed by atoms with van der Waals surface area (Å²) in [5.74, 6) is -1.87. The predicted molar refractivity (Wildman–Crippen MR) is 161 cm³/mol. The fraction of sp³-hybridized carbons (Fsp3) is 0.531. The summed E-state index contributed by atoms with van der Waals surface area (Å²) >= 11 is 0. The molecule has 1 aliphatic heterocycles. The lowest BCUT2D eigenvalue weighted by atomic mass is 9.73. The Morgan fingerprint density at radius 3 is 2.41 bits per heavy atom. The van der Waals surface area contributed by atoms with Crippen molar-refractivity contribution >= 4 is 23.0 Å². The molecule has 0 bridgehead atoms. The number of anilines is 1. The maximum Gasteiger partial charge on any atom is 0.167 e. The summed E-state index contributed by atoms with van der Waals surface area (Å²) in [5, 5.41) is 34.0. The van der Waals surface area contributed by atoms with E-state index in [2.05, 4.69) is 34.5 Å². The van der Waals surface area contributed by atoms with Crippen LogP contribution in [0.4, 0.5) is 5.69 Å². The van der Waals surface area contributed by atoms with Gasteiger partial charge in [-0.3, -0.25) is 19.3 Å². The number of ketones is 3. The number of hydrogen-bond acceptors (Lipinski definition) is 8. The van der Waals surface area contributed by atoms with Gasteiger partial charge in [-0.05, 0) is 68.1 Å². The lowest BCUT2D eigenvalue weighted by Gasteiger charge is -2.34. The third-order valence-corrected chi connectivity index (χ3v) is 8.46. The van der Waals surface area contributed by atoms with Crippen LogP contribution >= 0.6 is 0 Å². The first kappa shape index (κ1) is 32.4. The topological polar surface area (TPSA) is 159 Å². The highest BCUT2D eigenvalue weighted by molar-refractivity contribution is 6.03. The van der Waals surface area contributed by atoms with E-state index in [1.807, 2.05) is 18.2 Å². The minimum Gasteiger partial charge on any atom is -0.505 e. The molecular weight excluding hydrogens is 524 g/mol. The number of nitrogens with zero attached hydrogens (tertiary/aromatic N) is 1. The van der Waals surface area contributed by atoms with Gasteiger partial charge in [0.25, 0.3) is 0 Å². The third kappa shape index (κ3) is 8.45. The molecule has 2 aliphatic rings. The lowest BCUT2D eigenvalue weighted by molar-refractivity contribution is -0.131. The van der Waals surface area contributed by atoms with Crippen molar-refractivity contribution in [3.63, 3.8) is 0 Å². The number of rotatable bonds is 13. The number of phenolic OH excluding ortho intramolecular Hbond substituents is 1. The molecule has 6 N–H and O–H groups in total. The van der Waals surface area contributed by atoms with Crippen molar-refractivity contribution in [2.45, 2.75) is 64.5 Å². The molecule has 2 aromatic carbocycles. The van der Waals surface area contributed by atoms with Crippen LogP contribution in [0.2, 0.25) is 0 Å². The highest BCUT2D eigenvalue weighted by Crippen LogP contribution is 2.40. The first-order chi connectivity index (χ1) is 19.3. The van der Waals surface area contributed by atoms with Crippen LogP contribution < -0.4 is 5.32 Å². The van der Waals surface area contributed by atoms with E-state index >= 15 is 0 Å². The molecule has 1 fully saturated rings. The Balaban J connectivity index is 0.00000308. The molecule has 3 unspecified atom stereocenters. The van der Waals surface area contributed by atoms with E-state index in [0.717, 1.165) is 38.0 Å². The molecule has 228 valence electrons. The van der Waals surface area contributed by atoms with Crippen molar-refractivity contribution in [1.29, 1.82) is 0 Å². The number of piperidine rings is 1. The number of nitrogens with one attached hydrogen (secondary N) is 1. The fourth-order valence-electron chi connectivity index (χ4n) is 6.41. The van der Waals surface area contributed by atoms with Crippen LogP contribution in [-0.2, 0) is 22.6 Å². The number of carbonyl (C=O) groups is 3. The second kappa shape index (κ2) is 15.2. The van der Waals surface area contributed by atoms with Gasteiger partial charge >= 0.3 is 0 Å². The number of likely N-dealkylation sites (tertiary alicyclic amines) is 1. The normalized spacial score (nSPS) is 19.1. The maximum atomic E-state index is 13.2. The molecule has 1 aliphatic carbocycles. The molecule has 41 heavy (non-hydrogen) atoms. The highest BCUT2D eigenvalue weighted by Gasteiger charge is 2.34. The van der Waals surface area contributed by atoms with Crippen LogP contribution in [0.5, 0.6) is 5.75 Å². The van der Waals surface area contributed by atoms with Gasteiger partial charge in [0.05, 0.1) is 24.3 Å². The van der Waals surface area contributed by atoms with Gasteiger partial charge in [-0.1, -0.05) is 36.4 Å². The SMILES string of the molecule is CC(=O)CC(=O)C(CO)C(CCO)CC1CC(=O)c2c(ccc(NC3CCN(Cc4ccccc4)CC3)c2O)C1.O.[HH].[HH]. The monoisotopic (exact) mass is 572 g/mol. The molecule has 9 heteroatoms. The third-order valence-electron chi connectivity index (χ3n) is 8.46. The summed E-state index contributed by atoms with van der Waals surface area (Å²) in [6.07, 6.45) is 3.22. The number of aliphatic hydroxyl groups excluding tert-OH is 2. The summed E-state index contributed by atoms with van der Waals surface area (Å²) in [7, 11) is 0. The van der Waals surface area contributed by atoms with Gasteiger partial charge in [-0.15, -0.1) is 0 Å². The van der Waals surface area contributed by atoms with Crippen molar-refractivity contribution in [3.8, 4) is 5.75 Å². The van der Waals surface area contributed by atoms with Crippen LogP contribution in [-0.4, -0.2) is 75.4 Å². The molecule has 0 radical (unpaired) electrons. The Hall–Kier alpha value is -3.11. The number of hydrogen-bond donors (Lipinski definition) is 4. The van der Waals surface area contributed by atoms with Gasteiger partial charge in [0.2, 0.25) is 0 Å². The van der Waals surface area contributed by atoms with E-state index in [4.69, 9.17) is 0 Å². The van der Waals surface area contributed by atoms with Crippen molar-refractivity contribution in [1.82, 2.24) is 4.90 Å². The Bertz CT molecular complexity index is 1190. The van der Waals surface area contributed by atoms with Gasteiger partial charge in [-0.2, -0.15) is 0 Å². The molecule has 0 saturated carbocycles. The van der Waals surface area contributed by atoms with Gasteiger partial charge in [0.1, 0.15) is 17.3 Å². The van der Waals surface area contributed by atoms with Gasteiger partial charge in [0.15, 0.2) is 5.78 Å². The van der Waals surface area contributed by atoms with Crippen molar-refractivity contribution < 1.29 is 38.0 Å².